The van der Waals surface area contributed by atoms with E-state index in [0.717, 1.165) is 10.7 Å². The van der Waals surface area contributed by atoms with Gasteiger partial charge in [-0.2, -0.15) is 0 Å². The number of nitrogens with zero attached hydrogens (tertiary/aromatic N) is 1. The van der Waals surface area contributed by atoms with Gasteiger partial charge in [-0.3, -0.25) is 0 Å². The number of rotatable bonds is 4. The Morgan fingerprint density at radius 2 is 2.50 bits per heavy atom. The van der Waals surface area contributed by atoms with Gasteiger partial charge in [-0.1, -0.05) is 0 Å². The maximum absolute atomic E-state index is 9.17. The first-order valence-corrected chi connectivity index (χ1v) is 4.82. The van der Waals surface area contributed by atoms with E-state index in [0.29, 0.717) is 13.2 Å². The molecule has 0 bridgehead atoms. The molecule has 0 saturated heterocycles. The lowest BCUT2D eigenvalue weighted by atomic mass is 10.3. The van der Waals surface area contributed by atoms with E-state index in [-0.39, 0.29) is 0 Å². The molecule has 12 heavy (non-hydrogen) atoms. The van der Waals surface area contributed by atoms with Gasteiger partial charge in [-0.05, 0) is 13.8 Å². The Morgan fingerprint density at radius 1 is 1.75 bits per heavy atom. The lowest BCUT2D eigenvalue weighted by Crippen LogP contribution is -1.94. The van der Waals surface area contributed by atoms with Gasteiger partial charge < -0.3 is 9.84 Å². The van der Waals surface area contributed by atoms with Gasteiger partial charge in [0.25, 0.3) is 0 Å². The molecule has 68 valence electrons. The molecule has 1 heterocycles. The minimum absolute atomic E-state index is 0.475. The lowest BCUT2D eigenvalue weighted by molar-refractivity contribution is 0.133. The lowest BCUT2D eigenvalue weighted by Gasteiger charge is -1.97. The molecular weight excluding hydrogens is 174 g/mol. The molecule has 1 aromatic rings. The van der Waals surface area contributed by atoms with Gasteiger partial charge in [0.05, 0.1) is 18.4 Å². The average molecular weight is 187 g/mol. The fourth-order valence-electron chi connectivity index (χ4n) is 0.773. The summed E-state index contributed by atoms with van der Waals surface area (Å²) in [6.45, 7) is 4.90. The third kappa shape index (κ3) is 2.55. The molecule has 0 saturated carbocycles. The summed E-state index contributed by atoms with van der Waals surface area (Å²) in [4.78, 5) is 4.19. The zero-order valence-corrected chi connectivity index (χ0v) is 8.10. The van der Waals surface area contributed by atoms with Gasteiger partial charge in [0.1, 0.15) is 5.01 Å². The second-order valence-electron chi connectivity index (χ2n) is 2.48. The first kappa shape index (κ1) is 9.64. The molecule has 0 amide bonds. The second-order valence-corrected chi connectivity index (χ2v) is 3.42. The number of hydrogen-bond donors (Lipinski definition) is 1. The van der Waals surface area contributed by atoms with Crippen molar-refractivity contribution in [1.29, 1.82) is 0 Å². The van der Waals surface area contributed by atoms with Crippen LogP contribution in [0.2, 0.25) is 0 Å². The van der Waals surface area contributed by atoms with Crippen LogP contribution in [0.4, 0.5) is 0 Å². The second kappa shape index (κ2) is 4.54. The highest BCUT2D eigenvalue weighted by molar-refractivity contribution is 7.09. The van der Waals surface area contributed by atoms with Gasteiger partial charge in [0, 0.05) is 12.0 Å². The number of aliphatic hydroxyl groups excluding tert-OH is 1. The molecule has 0 aliphatic carbocycles. The van der Waals surface area contributed by atoms with Crippen LogP contribution in [-0.4, -0.2) is 16.7 Å². The van der Waals surface area contributed by atoms with Crippen LogP contribution in [0.15, 0.2) is 5.38 Å². The minimum atomic E-state index is -0.475. The summed E-state index contributed by atoms with van der Waals surface area (Å²) < 4.78 is 5.18. The summed E-state index contributed by atoms with van der Waals surface area (Å²) in [7, 11) is 0. The molecule has 0 aliphatic rings. The fraction of sp³-hybridized carbons (Fsp3) is 0.625. The third-order valence-electron chi connectivity index (χ3n) is 1.43. The summed E-state index contributed by atoms with van der Waals surface area (Å²) in [5.41, 5.74) is 0.731. The Hall–Kier alpha value is -0.450. The summed E-state index contributed by atoms with van der Waals surface area (Å²) >= 11 is 1.52. The molecule has 0 radical (unpaired) electrons. The smallest absolute Gasteiger partial charge is 0.119 e. The maximum atomic E-state index is 9.17. The van der Waals surface area contributed by atoms with Crippen molar-refractivity contribution in [3.05, 3.63) is 16.1 Å². The van der Waals surface area contributed by atoms with Crippen molar-refractivity contribution in [2.24, 2.45) is 0 Å². The van der Waals surface area contributed by atoms with E-state index in [2.05, 4.69) is 4.98 Å². The molecule has 0 aromatic carbocycles. The largest absolute Gasteiger partial charge is 0.387 e. The molecule has 1 aromatic heterocycles. The number of hydrogen-bond acceptors (Lipinski definition) is 4. The van der Waals surface area contributed by atoms with E-state index < -0.39 is 6.10 Å². The van der Waals surface area contributed by atoms with Gasteiger partial charge in [0.2, 0.25) is 0 Å². The van der Waals surface area contributed by atoms with Crippen molar-refractivity contribution in [2.75, 3.05) is 6.61 Å². The van der Waals surface area contributed by atoms with Crippen LogP contribution in [-0.2, 0) is 11.3 Å². The van der Waals surface area contributed by atoms with Crippen molar-refractivity contribution in [1.82, 2.24) is 4.98 Å². The Labute approximate surface area is 76.0 Å². The average Bonchev–Trinajstić information content (AvgIpc) is 2.48. The molecule has 0 fully saturated rings. The highest BCUT2D eigenvalue weighted by Crippen LogP contribution is 2.16. The quantitative estimate of drug-likeness (QED) is 0.780. The fourth-order valence-corrected chi connectivity index (χ4v) is 1.59. The zero-order valence-electron chi connectivity index (χ0n) is 7.28. The predicted octanol–water partition coefficient (Wildman–Crippen LogP) is 1.73. The zero-order chi connectivity index (χ0) is 8.97. The van der Waals surface area contributed by atoms with Gasteiger partial charge in [-0.25, -0.2) is 4.98 Å². The molecule has 0 spiro atoms. The van der Waals surface area contributed by atoms with Crippen molar-refractivity contribution in [2.45, 2.75) is 26.6 Å². The predicted molar refractivity (Wildman–Crippen MR) is 48.1 cm³/mol. The molecule has 0 aliphatic heterocycles. The van der Waals surface area contributed by atoms with Crippen molar-refractivity contribution >= 4 is 11.3 Å². The highest BCUT2D eigenvalue weighted by atomic mass is 32.1. The first-order valence-electron chi connectivity index (χ1n) is 3.94. The van der Waals surface area contributed by atoms with Crippen LogP contribution in [0, 0.1) is 0 Å². The monoisotopic (exact) mass is 187 g/mol. The molecule has 3 nitrogen and oxygen atoms in total. The van der Waals surface area contributed by atoms with Crippen molar-refractivity contribution in [3.63, 3.8) is 0 Å². The van der Waals surface area contributed by atoms with E-state index >= 15 is 0 Å². The summed E-state index contributed by atoms with van der Waals surface area (Å²) in [5, 5.41) is 11.9. The van der Waals surface area contributed by atoms with Crippen LogP contribution in [0.5, 0.6) is 0 Å². The van der Waals surface area contributed by atoms with Crippen LogP contribution in [0.1, 0.15) is 30.7 Å². The molecule has 1 rings (SSSR count). The molecule has 1 unspecified atom stereocenters. The third-order valence-corrected chi connectivity index (χ3v) is 2.27. The first-order chi connectivity index (χ1) is 5.74. The van der Waals surface area contributed by atoms with Crippen LogP contribution in [0.25, 0.3) is 0 Å². The van der Waals surface area contributed by atoms with Crippen molar-refractivity contribution < 1.29 is 9.84 Å². The summed E-state index contributed by atoms with van der Waals surface area (Å²) in [6.07, 6.45) is -0.475. The van der Waals surface area contributed by atoms with Gasteiger partial charge in [0.15, 0.2) is 0 Å². The molecular formula is C8H13NO2S. The summed E-state index contributed by atoms with van der Waals surface area (Å²) in [6, 6.07) is 0. The molecule has 1 N–H and O–H groups in total. The van der Waals surface area contributed by atoms with Crippen LogP contribution < -0.4 is 0 Å². The number of ether oxygens (including phenoxy) is 1. The number of aliphatic hydroxyl groups is 1. The maximum Gasteiger partial charge on any atom is 0.119 e. The summed E-state index contributed by atoms with van der Waals surface area (Å²) in [5.74, 6) is 0. The van der Waals surface area contributed by atoms with E-state index in [1.807, 2.05) is 12.3 Å². The SMILES string of the molecule is CCOCc1nc(C(C)O)cs1. The Kier molecular flexibility index (Phi) is 3.65. The standard InChI is InChI=1S/C8H13NO2S/c1-3-11-4-8-9-7(5-12-8)6(2)10/h5-6,10H,3-4H2,1-2H3. The Morgan fingerprint density at radius 3 is 3.00 bits per heavy atom. The van der Waals surface area contributed by atoms with E-state index in [1.165, 1.54) is 11.3 Å². The van der Waals surface area contributed by atoms with Gasteiger partial charge >= 0.3 is 0 Å². The van der Waals surface area contributed by atoms with Crippen LogP contribution >= 0.6 is 11.3 Å². The topological polar surface area (TPSA) is 42.4 Å². The molecule has 4 heteroatoms. The Bertz CT molecular complexity index is 235. The van der Waals surface area contributed by atoms with Gasteiger partial charge in [-0.15, -0.1) is 11.3 Å². The minimum Gasteiger partial charge on any atom is -0.387 e. The molecule has 1 atom stereocenters. The number of aromatic nitrogens is 1. The van der Waals surface area contributed by atoms with E-state index in [9.17, 15) is 0 Å². The normalized spacial score (nSPS) is 13.2. The van der Waals surface area contributed by atoms with Crippen LogP contribution in [0.3, 0.4) is 0 Å². The Balaban J connectivity index is 2.52. The van der Waals surface area contributed by atoms with E-state index in [1.54, 1.807) is 6.92 Å². The highest BCUT2D eigenvalue weighted by Gasteiger charge is 2.05. The van der Waals surface area contributed by atoms with Crippen molar-refractivity contribution in [3.8, 4) is 0 Å². The number of thiazole rings is 1. The van der Waals surface area contributed by atoms with E-state index in [4.69, 9.17) is 9.84 Å².